The van der Waals surface area contributed by atoms with E-state index in [1.807, 2.05) is 0 Å². The third kappa shape index (κ3) is 5.25. The van der Waals surface area contributed by atoms with Gasteiger partial charge in [0.25, 0.3) is 5.91 Å². The fourth-order valence-corrected chi connectivity index (χ4v) is 3.26. The molecule has 164 valence electrons. The van der Waals surface area contributed by atoms with Crippen molar-refractivity contribution >= 4 is 23.5 Å². The summed E-state index contributed by atoms with van der Waals surface area (Å²) < 4.78 is 15.5. The second-order valence-corrected chi connectivity index (χ2v) is 6.93. The van der Waals surface area contributed by atoms with Crippen LogP contribution in [0.4, 0.5) is 10.5 Å². The maximum absolute atomic E-state index is 12.7. The van der Waals surface area contributed by atoms with Crippen molar-refractivity contribution in [1.29, 1.82) is 0 Å². The maximum Gasteiger partial charge on any atom is 0.325 e. The van der Waals surface area contributed by atoms with Crippen LogP contribution < -0.4 is 24.8 Å². The SMILES string of the molecule is COc1ccc(NC(=O)CC[C@@H]2NC(=O)N(Cc3ccc(OC)c(OC)c3)C2=O)cc1. The molecule has 9 nitrogen and oxygen atoms in total. The molecule has 3 rings (SSSR count). The van der Waals surface area contributed by atoms with Crippen molar-refractivity contribution in [2.24, 2.45) is 0 Å². The molecule has 1 atom stereocenters. The van der Waals surface area contributed by atoms with Gasteiger partial charge in [-0.3, -0.25) is 14.5 Å². The summed E-state index contributed by atoms with van der Waals surface area (Å²) in [5.41, 5.74) is 1.35. The summed E-state index contributed by atoms with van der Waals surface area (Å²) in [6, 6.07) is 10.9. The van der Waals surface area contributed by atoms with Crippen LogP contribution in [-0.4, -0.2) is 50.1 Å². The number of anilines is 1. The number of amides is 4. The Hall–Kier alpha value is -3.75. The smallest absolute Gasteiger partial charge is 0.325 e. The highest BCUT2D eigenvalue weighted by Crippen LogP contribution is 2.28. The minimum Gasteiger partial charge on any atom is -0.497 e. The predicted molar refractivity (Wildman–Crippen MR) is 113 cm³/mol. The first kappa shape index (κ1) is 21.9. The van der Waals surface area contributed by atoms with Gasteiger partial charge < -0.3 is 24.8 Å². The van der Waals surface area contributed by atoms with E-state index in [9.17, 15) is 14.4 Å². The Morgan fingerprint density at radius 1 is 1.00 bits per heavy atom. The van der Waals surface area contributed by atoms with Crippen molar-refractivity contribution in [2.75, 3.05) is 26.6 Å². The lowest BCUT2D eigenvalue weighted by molar-refractivity contribution is -0.128. The molecule has 1 heterocycles. The van der Waals surface area contributed by atoms with Gasteiger partial charge in [0.15, 0.2) is 11.5 Å². The van der Waals surface area contributed by atoms with E-state index >= 15 is 0 Å². The number of benzene rings is 2. The number of urea groups is 1. The zero-order chi connectivity index (χ0) is 22.4. The van der Waals surface area contributed by atoms with E-state index in [1.54, 1.807) is 49.6 Å². The summed E-state index contributed by atoms with van der Waals surface area (Å²) in [5, 5.41) is 5.40. The first-order valence-electron chi connectivity index (χ1n) is 9.72. The standard InChI is InChI=1S/C22H25N3O6/c1-29-16-7-5-15(6-8-16)23-20(26)11-9-17-21(27)25(22(28)24-17)13-14-4-10-18(30-2)19(12-14)31-3/h4-8,10,12,17H,9,11,13H2,1-3H3,(H,23,26)(H,24,28)/t17-/m0/s1. The number of methoxy groups -OCH3 is 3. The minimum atomic E-state index is -0.741. The number of carbonyl (C=O) groups is 3. The molecule has 2 aromatic carbocycles. The van der Waals surface area contributed by atoms with Crippen molar-refractivity contribution in [3.05, 3.63) is 48.0 Å². The number of hydrogen-bond acceptors (Lipinski definition) is 6. The summed E-state index contributed by atoms with van der Waals surface area (Å²) in [6.45, 7) is 0.0968. The van der Waals surface area contributed by atoms with Crippen LogP contribution in [0.2, 0.25) is 0 Å². The fraction of sp³-hybridized carbons (Fsp3) is 0.318. The second kappa shape index (κ2) is 9.84. The maximum atomic E-state index is 12.7. The number of imide groups is 1. The van der Waals surface area contributed by atoms with Gasteiger partial charge in [-0.2, -0.15) is 0 Å². The largest absolute Gasteiger partial charge is 0.497 e. The van der Waals surface area contributed by atoms with Crippen molar-refractivity contribution in [3.8, 4) is 17.2 Å². The highest BCUT2D eigenvalue weighted by molar-refractivity contribution is 6.04. The Labute approximate surface area is 180 Å². The molecular formula is C22H25N3O6. The van der Waals surface area contributed by atoms with Crippen molar-refractivity contribution in [1.82, 2.24) is 10.2 Å². The first-order valence-corrected chi connectivity index (χ1v) is 9.72. The van der Waals surface area contributed by atoms with Crippen LogP contribution in [-0.2, 0) is 16.1 Å². The molecule has 2 N–H and O–H groups in total. The van der Waals surface area contributed by atoms with Crippen LogP contribution in [0.5, 0.6) is 17.2 Å². The Balaban J connectivity index is 1.55. The van der Waals surface area contributed by atoms with Crippen LogP contribution in [0.25, 0.3) is 0 Å². The number of nitrogens with zero attached hydrogens (tertiary/aromatic N) is 1. The number of nitrogens with one attached hydrogen (secondary N) is 2. The van der Waals surface area contributed by atoms with Gasteiger partial charge in [0.1, 0.15) is 11.8 Å². The van der Waals surface area contributed by atoms with Gasteiger partial charge in [0, 0.05) is 12.1 Å². The van der Waals surface area contributed by atoms with E-state index in [2.05, 4.69) is 10.6 Å². The topological polar surface area (TPSA) is 106 Å². The van der Waals surface area contributed by atoms with Crippen molar-refractivity contribution < 1.29 is 28.6 Å². The minimum absolute atomic E-state index is 0.0902. The van der Waals surface area contributed by atoms with E-state index in [0.717, 1.165) is 10.5 Å². The van der Waals surface area contributed by atoms with Gasteiger partial charge in [-0.05, 0) is 48.4 Å². The summed E-state index contributed by atoms with van der Waals surface area (Å²) in [4.78, 5) is 38.3. The predicted octanol–water partition coefficient (Wildman–Crippen LogP) is 2.55. The molecule has 0 radical (unpaired) electrons. The lowest BCUT2D eigenvalue weighted by atomic mass is 10.1. The Morgan fingerprint density at radius 3 is 2.35 bits per heavy atom. The molecule has 0 unspecified atom stereocenters. The third-order valence-electron chi connectivity index (χ3n) is 4.93. The van der Waals surface area contributed by atoms with E-state index in [4.69, 9.17) is 14.2 Å². The molecule has 1 aliphatic rings. The van der Waals surface area contributed by atoms with E-state index < -0.39 is 12.1 Å². The molecule has 0 spiro atoms. The zero-order valence-electron chi connectivity index (χ0n) is 17.6. The molecule has 0 aromatic heterocycles. The Bertz CT molecular complexity index is 960. The number of hydrogen-bond donors (Lipinski definition) is 2. The first-order chi connectivity index (χ1) is 14.9. The molecule has 2 aromatic rings. The van der Waals surface area contributed by atoms with Crippen LogP contribution in [0.3, 0.4) is 0 Å². The van der Waals surface area contributed by atoms with Crippen LogP contribution in [0, 0.1) is 0 Å². The Kier molecular flexibility index (Phi) is 6.96. The zero-order valence-corrected chi connectivity index (χ0v) is 17.6. The van der Waals surface area contributed by atoms with Gasteiger partial charge in [0.05, 0.1) is 27.9 Å². The normalized spacial score (nSPS) is 15.5. The fourth-order valence-electron chi connectivity index (χ4n) is 3.26. The van der Waals surface area contributed by atoms with Gasteiger partial charge in [-0.25, -0.2) is 4.79 Å². The highest BCUT2D eigenvalue weighted by Gasteiger charge is 2.37. The van der Waals surface area contributed by atoms with Crippen molar-refractivity contribution in [3.63, 3.8) is 0 Å². The van der Waals surface area contributed by atoms with Gasteiger partial charge in [0.2, 0.25) is 5.91 Å². The quantitative estimate of drug-likeness (QED) is 0.596. The molecule has 0 aliphatic carbocycles. The molecule has 4 amide bonds. The molecule has 1 aliphatic heterocycles. The van der Waals surface area contributed by atoms with E-state index in [1.165, 1.54) is 14.2 Å². The molecule has 1 saturated heterocycles. The monoisotopic (exact) mass is 427 g/mol. The highest BCUT2D eigenvalue weighted by atomic mass is 16.5. The molecule has 9 heteroatoms. The van der Waals surface area contributed by atoms with Gasteiger partial charge in [-0.1, -0.05) is 6.07 Å². The van der Waals surface area contributed by atoms with E-state index in [0.29, 0.717) is 22.9 Å². The molecular weight excluding hydrogens is 402 g/mol. The second-order valence-electron chi connectivity index (χ2n) is 6.93. The molecule has 1 fully saturated rings. The van der Waals surface area contributed by atoms with Crippen LogP contribution >= 0.6 is 0 Å². The third-order valence-corrected chi connectivity index (χ3v) is 4.93. The lowest BCUT2D eigenvalue weighted by Crippen LogP contribution is -2.31. The summed E-state index contributed by atoms with van der Waals surface area (Å²) in [6.07, 6.45) is 0.294. The average molecular weight is 427 g/mol. The average Bonchev–Trinajstić information content (AvgIpc) is 3.05. The van der Waals surface area contributed by atoms with Crippen LogP contribution in [0.1, 0.15) is 18.4 Å². The number of carbonyl (C=O) groups excluding carboxylic acids is 3. The van der Waals surface area contributed by atoms with Crippen LogP contribution in [0.15, 0.2) is 42.5 Å². The number of ether oxygens (including phenoxy) is 3. The lowest BCUT2D eigenvalue weighted by Gasteiger charge is -2.15. The summed E-state index contributed by atoms with van der Waals surface area (Å²) in [7, 11) is 4.61. The van der Waals surface area contributed by atoms with Gasteiger partial charge >= 0.3 is 6.03 Å². The molecule has 0 saturated carbocycles. The van der Waals surface area contributed by atoms with Crippen molar-refractivity contribution in [2.45, 2.75) is 25.4 Å². The summed E-state index contributed by atoms with van der Waals surface area (Å²) >= 11 is 0. The van der Waals surface area contributed by atoms with Gasteiger partial charge in [-0.15, -0.1) is 0 Å². The molecule has 31 heavy (non-hydrogen) atoms. The number of rotatable bonds is 9. The van der Waals surface area contributed by atoms with E-state index in [-0.39, 0.29) is 31.2 Å². The molecule has 0 bridgehead atoms. The Morgan fingerprint density at radius 2 is 1.71 bits per heavy atom. The summed E-state index contributed by atoms with van der Waals surface area (Å²) in [5.74, 6) is 1.15.